The predicted octanol–water partition coefficient (Wildman–Crippen LogP) is 2.35. The topological polar surface area (TPSA) is 250 Å². The van der Waals surface area contributed by atoms with Gasteiger partial charge in [0.05, 0.1) is 55.1 Å². The largest absolute Gasteiger partial charge is 0.490 e. The van der Waals surface area contributed by atoms with Gasteiger partial charge in [0.2, 0.25) is 33.7 Å². The highest BCUT2D eigenvalue weighted by molar-refractivity contribution is 7.89. The number of hydrogen-bond acceptors (Lipinski definition) is 14. The highest BCUT2D eigenvalue weighted by Gasteiger charge is 2.46. The number of carbonyl (C=O) groups is 7. The fourth-order valence-corrected chi connectivity index (χ4v) is 7.89. The summed E-state index contributed by atoms with van der Waals surface area (Å²) in [4.78, 5) is 94.3. The predicted molar refractivity (Wildman–Crippen MR) is 224 cm³/mol. The van der Waals surface area contributed by atoms with Crippen molar-refractivity contribution in [2.45, 2.75) is 50.6 Å². The molecule has 2 aliphatic rings. The summed E-state index contributed by atoms with van der Waals surface area (Å²) in [5.41, 5.74) is 1.78. The maximum atomic E-state index is 13.4. The zero-order chi connectivity index (χ0) is 44.2. The van der Waals surface area contributed by atoms with Crippen LogP contribution in [0.3, 0.4) is 0 Å². The van der Waals surface area contributed by atoms with Crippen LogP contribution in [0.15, 0.2) is 72.4 Å². The summed E-state index contributed by atoms with van der Waals surface area (Å²) >= 11 is 1.24. The summed E-state index contributed by atoms with van der Waals surface area (Å²) in [7, 11) is -3.61. The summed E-state index contributed by atoms with van der Waals surface area (Å²) in [6.45, 7) is 1.04. The molecule has 4 heterocycles. The van der Waals surface area contributed by atoms with Crippen molar-refractivity contribution in [3.63, 3.8) is 0 Å². The van der Waals surface area contributed by atoms with E-state index in [1.54, 1.807) is 12.1 Å². The van der Waals surface area contributed by atoms with Crippen molar-refractivity contribution in [1.29, 1.82) is 0 Å². The van der Waals surface area contributed by atoms with Crippen LogP contribution in [0.5, 0.6) is 5.75 Å². The van der Waals surface area contributed by atoms with E-state index in [2.05, 4.69) is 26.3 Å². The van der Waals surface area contributed by atoms with Crippen LogP contribution in [-0.4, -0.2) is 122 Å². The third-order valence-corrected chi connectivity index (χ3v) is 11.5. The van der Waals surface area contributed by atoms with Gasteiger partial charge in [0.15, 0.2) is 5.13 Å². The third kappa shape index (κ3) is 11.7. The number of amides is 7. The van der Waals surface area contributed by atoms with E-state index in [1.807, 2.05) is 35.7 Å². The molecule has 1 unspecified atom stereocenters. The summed E-state index contributed by atoms with van der Waals surface area (Å²) in [5.74, 6) is -3.66. The average molecular weight is 892 g/mol. The van der Waals surface area contributed by atoms with Crippen LogP contribution in [0, 0.1) is 0 Å². The van der Waals surface area contributed by atoms with Gasteiger partial charge in [0, 0.05) is 42.7 Å². The van der Waals surface area contributed by atoms with Gasteiger partial charge in [-0.15, -0.1) is 11.3 Å². The summed E-state index contributed by atoms with van der Waals surface area (Å²) in [6.07, 6.45) is 4.75. The fraction of sp³-hybridized carbons (Fsp3) is 0.366. The number of aromatic nitrogens is 2. The van der Waals surface area contributed by atoms with Gasteiger partial charge in [-0.1, -0.05) is 36.4 Å². The van der Waals surface area contributed by atoms with E-state index in [4.69, 9.17) is 14.2 Å². The molecule has 2 aromatic heterocycles. The second-order valence-corrected chi connectivity index (χ2v) is 17.0. The monoisotopic (exact) mass is 891 g/mol. The Labute approximate surface area is 360 Å². The Kier molecular flexibility index (Phi) is 15.3. The van der Waals surface area contributed by atoms with E-state index in [1.165, 1.54) is 35.9 Å². The van der Waals surface area contributed by atoms with Crippen molar-refractivity contribution in [2.24, 2.45) is 0 Å². The van der Waals surface area contributed by atoms with E-state index in [0.29, 0.717) is 30.2 Å². The number of benzene rings is 2. The van der Waals surface area contributed by atoms with Crippen molar-refractivity contribution in [3.05, 3.63) is 89.1 Å². The van der Waals surface area contributed by atoms with Crippen LogP contribution in [0.4, 0.5) is 5.13 Å². The second kappa shape index (κ2) is 21.0. The molecule has 6 rings (SSSR count). The number of nitrogens with one attached hydrogen (secondary N) is 4. The van der Waals surface area contributed by atoms with Gasteiger partial charge in [-0.3, -0.25) is 47.8 Å². The standard InChI is InChI=1S/C41H45N7O12S2/c1-62(56,57)47-18-15-27(24-47)36(51)43-29(37(52)46-41-44-30(25-61-41)26-8-3-2-4-9-26)11-5-6-17-42-33(49)16-19-58-20-21-59-22-23-60-32-12-7-10-28-35(32)40(55)48(39(28)54)31-13-14-34(50)45-38(31)53/h2-4,7-10,12,15,18,24-25,29,31H,5-6,11,13-14,16-17,19-23H2,1H3,(H,42,49)(H,43,51)(H,44,46,52)(H,45,50,53)/t29-,31?/m0/s1. The molecule has 4 N–H and O–H groups in total. The molecule has 4 aromatic rings. The van der Waals surface area contributed by atoms with Gasteiger partial charge >= 0.3 is 0 Å². The number of fused-ring (bicyclic) bond motifs is 1. The van der Waals surface area contributed by atoms with Gasteiger partial charge in [-0.25, -0.2) is 13.4 Å². The van der Waals surface area contributed by atoms with Crippen molar-refractivity contribution in [2.75, 3.05) is 51.2 Å². The number of nitrogens with zero attached hydrogens (tertiary/aromatic N) is 3. The molecule has 2 aliphatic heterocycles. The lowest BCUT2D eigenvalue weighted by Crippen LogP contribution is -2.54. The summed E-state index contributed by atoms with van der Waals surface area (Å²) in [5, 5.41) is 12.6. The number of rotatable bonds is 22. The Morgan fingerprint density at radius 1 is 0.935 bits per heavy atom. The lowest BCUT2D eigenvalue weighted by atomic mass is 10.0. The molecule has 1 fully saturated rings. The number of hydrogen-bond donors (Lipinski definition) is 4. The Morgan fingerprint density at radius 2 is 1.69 bits per heavy atom. The maximum Gasteiger partial charge on any atom is 0.266 e. The molecule has 0 bridgehead atoms. The van der Waals surface area contributed by atoms with Crippen molar-refractivity contribution < 1.29 is 56.2 Å². The summed E-state index contributed by atoms with van der Waals surface area (Å²) in [6, 6.07) is 13.3. The van der Waals surface area contributed by atoms with Crippen LogP contribution < -0.4 is 26.0 Å². The molecule has 0 radical (unpaired) electrons. The first-order valence-corrected chi connectivity index (χ1v) is 22.4. The molecule has 2 atom stereocenters. The minimum absolute atomic E-state index is 0.0150. The van der Waals surface area contributed by atoms with E-state index < -0.39 is 57.6 Å². The highest BCUT2D eigenvalue weighted by Crippen LogP contribution is 2.33. The average Bonchev–Trinajstić information content (AvgIpc) is 4.00. The van der Waals surface area contributed by atoms with Crippen molar-refractivity contribution in [1.82, 2.24) is 29.8 Å². The minimum Gasteiger partial charge on any atom is -0.490 e. The maximum absolute atomic E-state index is 13.4. The van der Waals surface area contributed by atoms with Crippen molar-refractivity contribution >= 4 is 67.8 Å². The van der Waals surface area contributed by atoms with Gasteiger partial charge in [-0.2, -0.15) is 0 Å². The van der Waals surface area contributed by atoms with Crippen molar-refractivity contribution in [3.8, 4) is 17.0 Å². The van der Waals surface area contributed by atoms with Gasteiger partial charge in [-0.05, 0) is 43.9 Å². The molecule has 328 valence electrons. The first kappa shape index (κ1) is 45.2. The molecule has 62 heavy (non-hydrogen) atoms. The van der Waals surface area contributed by atoms with E-state index in [9.17, 15) is 42.0 Å². The third-order valence-electron chi connectivity index (χ3n) is 9.74. The Balaban J connectivity index is 0.865. The minimum atomic E-state index is -3.61. The molecule has 0 aliphatic carbocycles. The number of thiazole rings is 1. The van der Waals surface area contributed by atoms with E-state index in [0.717, 1.165) is 20.7 Å². The molecule has 1 saturated heterocycles. The highest BCUT2D eigenvalue weighted by atomic mass is 32.2. The number of anilines is 1. The molecule has 0 spiro atoms. The smallest absolute Gasteiger partial charge is 0.266 e. The van der Waals surface area contributed by atoms with E-state index >= 15 is 0 Å². The lowest BCUT2D eigenvalue weighted by molar-refractivity contribution is -0.136. The lowest BCUT2D eigenvalue weighted by Gasteiger charge is -2.27. The van der Waals surface area contributed by atoms with Crippen LogP contribution >= 0.6 is 11.3 Å². The number of carbonyl (C=O) groups excluding carboxylic acids is 7. The Morgan fingerprint density at radius 3 is 2.44 bits per heavy atom. The van der Waals surface area contributed by atoms with Crippen LogP contribution in [0.2, 0.25) is 0 Å². The zero-order valence-electron chi connectivity index (χ0n) is 33.6. The number of imide groups is 2. The molecule has 19 nitrogen and oxygen atoms in total. The molecular formula is C41H45N7O12S2. The number of ether oxygens (including phenoxy) is 3. The molecule has 2 aromatic carbocycles. The molecule has 0 saturated carbocycles. The van der Waals surface area contributed by atoms with E-state index in [-0.39, 0.29) is 87.1 Å². The summed E-state index contributed by atoms with van der Waals surface area (Å²) < 4.78 is 41.5. The fourth-order valence-electron chi connectivity index (χ4n) is 6.58. The van der Waals surface area contributed by atoms with Crippen LogP contribution in [0.1, 0.15) is 69.6 Å². The van der Waals surface area contributed by atoms with Gasteiger partial charge < -0.3 is 30.2 Å². The quantitative estimate of drug-likeness (QED) is 0.0655. The van der Waals surface area contributed by atoms with Crippen LogP contribution in [-0.2, 0) is 38.7 Å². The first-order valence-electron chi connectivity index (χ1n) is 19.7. The zero-order valence-corrected chi connectivity index (χ0v) is 35.3. The molecule has 21 heteroatoms. The number of unbranched alkanes of at least 4 members (excludes halogenated alkanes) is 1. The second-order valence-electron chi connectivity index (χ2n) is 14.2. The van der Waals surface area contributed by atoms with Crippen LogP contribution in [0.25, 0.3) is 11.3 Å². The van der Waals surface area contributed by atoms with Gasteiger partial charge in [0.1, 0.15) is 24.4 Å². The van der Waals surface area contributed by atoms with Gasteiger partial charge in [0.25, 0.3) is 17.7 Å². The Bertz CT molecular complexity index is 2420. The Hall–Kier alpha value is -6.29. The SMILES string of the molecule is CS(=O)(=O)n1ccc(C(=O)N[C@@H](CCCCNC(=O)CCOCCOCCOc2cccc3c2C(=O)N(C2CCC(=O)NC2=O)C3=O)C(=O)Nc2nc(-c3ccccc3)cs2)c1. The number of piperidine rings is 1. The molecule has 7 amide bonds. The first-order chi connectivity index (χ1) is 29.8. The normalized spacial score (nSPS) is 15.5. The molecular weight excluding hydrogens is 847 g/mol.